The maximum absolute atomic E-state index is 12.5. The molecule has 0 N–H and O–H groups in total. The van der Waals surface area contributed by atoms with E-state index >= 15 is 0 Å². The van der Waals surface area contributed by atoms with Gasteiger partial charge in [-0.1, -0.05) is 66.3 Å². The molecule has 1 heterocycles. The fourth-order valence-corrected chi connectivity index (χ4v) is 2.20. The predicted octanol–water partition coefficient (Wildman–Crippen LogP) is 4.03. The van der Waals surface area contributed by atoms with Crippen LogP contribution in [-0.4, -0.2) is 18.4 Å². The molecule has 0 atom stereocenters. The van der Waals surface area contributed by atoms with Crippen LogP contribution in [-0.2, 0) is 14.3 Å². The molecule has 3 nitrogen and oxygen atoms in total. The Morgan fingerprint density at radius 1 is 1.09 bits per heavy atom. The number of rotatable bonds is 3. The number of carbonyl (C=O) groups is 2. The number of carbonyl (C=O) groups excluding carboxylic acids is 2. The van der Waals surface area contributed by atoms with Crippen LogP contribution in [0.5, 0.6) is 0 Å². The highest BCUT2D eigenvalue weighted by molar-refractivity contribution is 6.23. The molecule has 23 heavy (non-hydrogen) atoms. The largest absolute Gasteiger partial charge is 0.458 e. The van der Waals surface area contributed by atoms with Crippen molar-refractivity contribution < 1.29 is 14.3 Å². The third kappa shape index (κ3) is 5.22. The van der Waals surface area contributed by atoms with Gasteiger partial charge in [-0.15, -0.1) is 0 Å². The molecule has 0 aromatic heterocycles. The van der Waals surface area contributed by atoms with E-state index in [1.165, 1.54) is 6.08 Å². The van der Waals surface area contributed by atoms with Gasteiger partial charge in [0.05, 0.1) is 0 Å². The van der Waals surface area contributed by atoms with Gasteiger partial charge in [0, 0.05) is 0 Å². The summed E-state index contributed by atoms with van der Waals surface area (Å²) in [6, 6.07) is 9.50. The van der Waals surface area contributed by atoms with Crippen LogP contribution >= 0.6 is 0 Å². The van der Waals surface area contributed by atoms with Crippen molar-refractivity contribution in [3.8, 4) is 0 Å². The van der Waals surface area contributed by atoms with Crippen molar-refractivity contribution in [2.24, 2.45) is 0 Å². The van der Waals surface area contributed by atoms with Gasteiger partial charge in [-0.25, -0.2) is 4.79 Å². The maximum atomic E-state index is 12.5. The molecule has 1 aliphatic rings. The Hall–Kier alpha value is -2.68. The lowest BCUT2D eigenvalue weighted by Crippen LogP contribution is -2.16. The number of benzene rings is 1. The van der Waals surface area contributed by atoms with E-state index in [9.17, 15) is 9.59 Å². The molecule has 1 aromatic rings. The van der Waals surface area contributed by atoms with Gasteiger partial charge in [-0.3, -0.25) is 4.79 Å². The Balaban J connectivity index is 2.23. The Kier molecular flexibility index (Phi) is 6.30. The van der Waals surface area contributed by atoms with Gasteiger partial charge in [-0.2, -0.15) is 0 Å². The molecule has 3 heteroatoms. The zero-order valence-electron chi connectivity index (χ0n) is 13.2. The zero-order chi connectivity index (χ0) is 16.5. The molecule has 2 rings (SSSR count). The van der Waals surface area contributed by atoms with Crippen molar-refractivity contribution in [2.75, 3.05) is 6.61 Å². The molecule has 0 amide bonds. The van der Waals surface area contributed by atoms with E-state index in [2.05, 4.69) is 0 Å². The molecule has 1 aliphatic heterocycles. The molecule has 0 fully saturated rings. The summed E-state index contributed by atoms with van der Waals surface area (Å²) >= 11 is 0. The molecule has 0 bridgehead atoms. The van der Waals surface area contributed by atoms with E-state index in [1.54, 1.807) is 19.1 Å². The Bertz CT molecular complexity index is 676. The van der Waals surface area contributed by atoms with Crippen molar-refractivity contribution in [2.45, 2.75) is 19.8 Å². The van der Waals surface area contributed by atoms with Crippen LogP contribution in [0.3, 0.4) is 0 Å². The average molecular weight is 308 g/mol. The summed E-state index contributed by atoms with van der Waals surface area (Å²) in [5.74, 6) is -0.891. The van der Waals surface area contributed by atoms with Crippen molar-refractivity contribution in [3.63, 3.8) is 0 Å². The number of allylic oxidation sites excluding steroid dienone is 5. The summed E-state index contributed by atoms with van der Waals surface area (Å²) in [5.41, 5.74) is 1.75. The summed E-state index contributed by atoms with van der Waals surface area (Å²) in [7, 11) is 0. The first-order chi connectivity index (χ1) is 11.2. The topological polar surface area (TPSA) is 43.4 Å². The van der Waals surface area contributed by atoms with Crippen molar-refractivity contribution in [1.29, 1.82) is 0 Å². The average Bonchev–Trinajstić information content (AvgIpc) is 2.59. The minimum Gasteiger partial charge on any atom is -0.458 e. The molecular weight excluding hydrogens is 288 g/mol. The van der Waals surface area contributed by atoms with E-state index in [4.69, 9.17) is 4.74 Å². The van der Waals surface area contributed by atoms with E-state index in [0.29, 0.717) is 6.42 Å². The second kappa shape index (κ2) is 8.69. The van der Waals surface area contributed by atoms with Crippen LogP contribution < -0.4 is 0 Å². The number of ketones is 1. The van der Waals surface area contributed by atoms with Gasteiger partial charge < -0.3 is 4.74 Å². The third-order valence-corrected chi connectivity index (χ3v) is 3.44. The first-order valence-corrected chi connectivity index (χ1v) is 7.63. The van der Waals surface area contributed by atoms with Gasteiger partial charge >= 0.3 is 5.97 Å². The Morgan fingerprint density at radius 2 is 1.83 bits per heavy atom. The highest BCUT2D eigenvalue weighted by Crippen LogP contribution is 2.15. The second-order valence-corrected chi connectivity index (χ2v) is 5.24. The second-order valence-electron chi connectivity index (χ2n) is 5.24. The summed E-state index contributed by atoms with van der Waals surface area (Å²) in [4.78, 5) is 24.7. The fraction of sp³-hybridized carbons (Fsp3) is 0.200. The van der Waals surface area contributed by atoms with E-state index in [-0.39, 0.29) is 18.0 Å². The molecule has 0 spiro atoms. The van der Waals surface area contributed by atoms with Crippen LogP contribution in [0.1, 0.15) is 25.3 Å². The molecule has 0 unspecified atom stereocenters. The minimum atomic E-state index is -0.565. The van der Waals surface area contributed by atoms with Gasteiger partial charge in [0.1, 0.15) is 12.2 Å². The molecule has 1 aromatic carbocycles. The van der Waals surface area contributed by atoms with Gasteiger partial charge in [0.2, 0.25) is 0 Å². The number of ether oxygens (including phenoxy) is 1. The van der Waals surface area contributed by atoms with E-state index < -0.39 is 5.97 Å². The maximum Gasteiger partial charge on any atom is 0.342 e. The number of cyclic esters (lactones) is 1. The smallest absolute Gasteiger partial charge is 0.342 e. The summed E-state index contributed by atoms with van der Waals surface area (Å²) in [5, 5.41) is 0. The van der Waals surface area contributed by atoms with Crippen molar-refractivity contribution in [1.82, 2.24) is 0 Å². The molecule has 0 saturated carbocycles. The van der Waals surface area contributed by atoms with Crippen LogP contribution in [0.25, 0.3) is 6.08 Å². The van der Waals surface area contributed by atoms with Crippen LogP contribution in [0.2, 0.25) is 0 Å². The lowest BCUT2D eigenvalue weighted by molar-refractivity contribution is -0.139. The summed E-state index contributed by atoms with van der Waals surface area (Å²) in [6.07, 6.45) is 12.2. The first-order valence-electron chi connectivity index (χ1n) is 7.63. The molecule has 118 valence electrons. The quantitative estimate of drug-likeness (QED) is 0.366. The highest BCUT2D eigenvalue weighted by atomic mass is 16.5. The molecular formula is C20H20O3. The number of hydrogen-bond acceptors (Lipinski definition) is 3. The van der Waals surface area contributed by atoms with Crippen LogP contribution in [0, 0.1) is 0 Å². The van der Waals surface area contributed by atoms with Gasteiger partial charge in [0.15, 0.2) is 5.78 Å². The van der Waals surface area contributed by atoms with Crippen molar-refractivity contribution >= 4 is 17.8 Å². The first kappa shape index (κ1) is 16.7. The van der Waals surface area contributed by atoms with Gasteiger partial charge in [0.25, 0.3) is 0 Å². The molecule has 0 aliphatic carbocycles. The van der Waals surface area contributed by atoms with E-state index in [0.717, 1.165) is 17.6 Å². The van der Waals surface area contributed by atoms with E-state index in [1.807, 2.05) is 48.6 Å². The van der Waals surface area contributed by atoms with Gasteiger partial charge in [-0.05, 0) is 31.4 Å². The minimum absolute atomic E-state index is 0.122. The number of esters is 1. The standard InChI is InChI=1S/C20H20O3/c1-16-10-6-3-2-4-9-15-23-20(22)19(16)18(21)14-13-17-11-7-5-8-12-17/h3-9,11-14H,2,10,15H2,1H3/b6-3-,9-4-,14-13+,19-16-. The van der Waals surface area contributed by atoms with Crippen LogP contribution in [0.15, 0.2) is 71.9 Å². The highest BCUT2D eigenvalue weighted by Gasteiger charge is 2.20. The zero-order valence-corrected chi connectivity index (χ0v) is 13.2. The third-order valence-electron chi connectivity index (χ3n) is 3.44. The Morgan fingerprint density at radius 3 is 2.61 bits per heavy atom. The lowest BCUT2D eigenvalue weighted by atomic mass is 10.0. The fourth-order valence-electron chi connectivity index (χ4n) is 2.20. The summed E-state index contributed by atoms with van der Waals surface area (Å²) in [6.45, 7) is 1.97. The monoisotopic (exact) mass is 308 g/mol. The predicted molar refractivity (Wildman–Crippen MR) is 91.7 cm³/mol. The molecule has 0 radical (unpaired) electrons. The normalized spacial score (nSPS) is 22.2. The Labute approximate surface area is 136 Å². The molecule has 0 saturated heterocycles. The van der Waals surface area contributed by atoms with Crippen LogP contribution in [0.4, 0.5) is 0 Å². The van der Waals surface area contributed by atoms with Crippen molar-refractivity contribution in [3.05, 3.63) is 77.4 Å². The number of hydrogen-bond donors (Lipinski definition) is 0. The summed E-state index contributed by atoms with van der Waals surface area (Å²) < 4.78 is 5.16. The SMILES string of the molecule is C/C1=C(\C(=O)/C=C/c2ccccc2)C(=O)OC/C=C\C/C=C\C1. The lowest BCUT2D eigenvalue weighted by Gasteiger charge is -2.07.